The lowest BCUT2D eigenvalue weighted by atomic mass is 9.98. The molecule has 0 N–H and O–H groups in total. The molecule has 0 aliphatic carbocycles. The highest BCUT2D eigenvalue weighted by molar-refractivity contribution is 6.43. The van der Waals surface area contributed by atoms with Crippen LogP contribution in [0.4, 0.5) is 0 Å². The van der Waals surface area contributed by atoms with Crippen molar-refractivity contribution >= 4 is 29.1 Å². The Bertz CT molecular complexity index is 1450. The number of ketones is 2. The highest BCUT2D eigenvalue weighted by Gasteiger charge is 2.22. The molecule has 8 nitrogen and oxygen atoms in total. The molecule has 40 heavy (non-hydrogen) atoms. The molecule has 0 spiro atoms. The van der Waals surface area contributed by atoms with Crippen molar-refractivity contribution in [3.05, 3.63) is 99.6 Å². The molecular weight excluding hydrogens is 528 g/mol. The van der Waals surface area contributed by atoms with Crippen molar-refractivity contribution in [2.45, 2.75) is 25.7 Å². The number of carbonyl (C=O) groups is 3. The summed E-state index contributed by atoms with van der Waals surface area (Å²) in [6, 6.07) is 12.6. The van der Waals surface area contributed by atoms with Gasteiger partial charge in [0, 0.05) is 62.8 Å². The number of Topliss-reactive ketones (excluding diaryl/α,β-unsaturated/α-hetero) is 2. The summed E-state index contributed by atoms with van der Waals surface area (Å²) in [5, 5.41) is 0.358. The summed E-state index contributed by atoms with van der Waals surface area (Å²) >= 11 is 6.46. The van der Waals surface area contributed by atoms with Gasteiger partial charge in [-0.2, -0.15) is 0 Å². The van der Waals surface area contributed by atoms with Gasteiger partial charge in [0.2, 0.25) is 0 Å². The van der Waals surface area contributed by atoms with Crippen LogP contribution in [0.15, 0.2) is 60.8 Å². The van der Waals surface area contributed by atoms with Gasteiger partial charge in [-0.25, -0.2) is 9.97 Å². The lowest BCUT2D eigenvalue weighted by Gasteiger charge is -2.30. The molecule has 0 atom stereocenters. The molecule has 3 aromatic rings. The number of carbonyl (C=O) groups excluding carboxylic acids is 3. The predicted molar refractivity (Wildman–Crippen MR) is 154 cm³/mol. The molecule has 0 radical (unpaired) electrons. The maximum absolute atomic E-state index is 12.8. The first-order chi connectivity index (χ1) is 19.2. The summed E-state index contributed by atoms with van der Waals surface area (Å²) < 4.78 is 5.57. The monoisotopic (exact) mass is 560 g/mol. The second kappa shape index (κ2) is 13.0. The van der Waals surface area contributed by atoms with Gasteiger partial charge in [-0.15, -0.1) is 0 Å². The molecule has 0 bridgehead atoms. The highest BCUT2D eigenvalue weighted by Crippen LogP contribution is 2.25. The Kier molecular flexibility index (Phi) is 9.45. The summed E-state index contributed by atoms with van der Waals surface area (Å²) in [4.78, 5) is 50.4. The number of ether oxygens (including phenoxy) is 1. The number of nitrogens with zero attached hydrogens (tertiary/aromatic N) is 4. The van der Waals surface area contributed by atoms with E-state index in [9.17, 15) is 14.4 Å². The number of amides is 1. The molecule has 1 aliphatic heterocycles. The maximum Gasteiger partial charge on any atom is 0.294 e. The number of methoxy groups -OCH3 is 1. The largest absolute Gasteiger partial charge is 0.496 e. The van der Waals surface area contributed by atoms with Crippen LogP contribution in [-0.4, -0.2) is 78.1 Å². The summed E-state index contributed by atoms with van der Waals surface area (Å²) in [5.41, 5.74) is 3.81. The number of hydrogen-bond donors (Lipinski definition) is 0. The average Bonchev–Trinajstić information content (AvgIpc) is 2.92. The fourth-order valence-corrected chi connectivity index (χ4v) is 4.66. The fourth-order valence-electron chi connectivity index (χ4n) is 4.51. The van der Waals surface area contributed by atoms with Crippen LogP contribution in [0.25, 0.3) is 0 Å². The zero-order valence-electron chi connectivity index (χ0n) is 23.1. The molecule has 1 aliphatic rings. The number of halogens is 1. The molecule has 208 valence electrons. The predicted octanol–water partition coefficient (Wildman–Crippen LogP) is 3.96. The van der Waals surface area contributed by atoms with E-state index in [4.69, 9.17) is 21.3 Å². The van der Waals surface area contributed by atoms with Crippen LogP contribution in [-0.2, 0) is 28.9 Å². The first-order valence-electron chi connectivity index (χ1n) is 13.1. The van der Waals surface area contributed by atoms with E-state index in [1.165, 1.54) is 17.5 Å². The standard InChI is InChI=1S/C31H33ClN4O4/c1-20(19-36-12-7-13-36)27(37)15-21-10-11-28(40-4)23(14-21)17-29-33-18-25(32)26(34-29)16-22-8-5-6-9-24(22)30(38)31(39)35(2)3/h5-6,8-11,14,18H,1,7,12-13,15-17,19H2,2-4H3. The number of hydrogen-bond acceptors (Lipinski definition) is 7. The summed E-state index contributed by atoms with van der Waals surface area (Å²) in [6.45, 7) is 6.63. The maximum atomic E-state index is 12.8. The minimum atomic E-state index is -0.600. The van der Waals surface area contributed by atoms with Crippen LogP contribution in [0.3, 0.4) is 0 Å². The van der Waals surface area contributed by atoms with Crippen molar-refractivity contribution in [3.63, 3.8) is 0 Å². The van der Waals surface area contributed by atoms with Gasteiger partial charge in [-0.1, -0.05) is 54.6 Å². The molecule has 1 saturated heterocycles. The Morgan fingerprint density at radius 3 is 2.50 bits per heavy atom. The number of rotatable bonds is 12. The number of benzene rings is 2. The second-order valence-electron chi connectivity index (χ2n) is 10.1. The van der Waals surface area contributed by atoms with Crippen LogP contribution in [0, 0.1) is 0 Å². The Morgan fingerprint density at radius 1 is 1.07 bits per heavy atom. The molecule has 4 rings (SSSR count). The van der Waals surface area contributed by atoms with E-state index in [1.54, 1.807) is 45.5 Å². The third-order valence-electron chi connectivity index (χ3n) is 6.90. The summed E-state index contributed by atoms with van der Waals surface area (Å²) in [5.74, 6) is 0.00515. The first-order valence-corrected chi connectivity index (χ1v) is 13.5. The van der Waals surface area contributed by atoms with Gasteiger partial charge < -0.3 is 9.64 Å². The van der Waals surface area contributed by atoms with Gasteiger partial charge in [0.05, 0.1) is 17.8 Å². The van der Waals surface area contributed by atoms with E-state index in [0.717, 1.165) is 24.2 Å². The quantitative estimate of drug-likeness (QED) is 0.188. The van der Waals surface area contributed by atoms with E-state index in [2.05, 4.69) is 16.5 Å². The van der Waals surface area contributed by atoms with Crippen molar-refractivity contribution in [2.24, 2.45) is 0 Å². The molecule has 2 aromatic carbocycles. The van der Waals surface area contributed by atoms with E-state index in [-0.39, 0.29) is 18.6 Å². The first kappa shape index (κ1) is 29.1. The van der Waals surface area contributed by atoms with Crippen molar-refractivity contribution in [1.82, 2.24) is 19.8 Å². The van der Waals surface area contributed by atoms with Crippen LogP contribution in [0.2, 0.25) is 5.02 Å². The van der Waals surface area contributed by atoms with E-state index >= 15 is 0 Å². The molecular formula is C31H33ClN4O4. The third kappa shape index (κ3) is 7.00. The van der Waals surface area contributed by atoms with Crippen molar-refractivity contribution in [2.75, 3.05) is 40.8 Å². The zero-order chi connectivity index (χ0) is 28.8. The van der Waals surface area contributed by atoms with Gasteiger partial charge >= 0.3 is 0 Å². The zero-order valence-corrected chi connectivity index (χ0v) is 23.8. The normalized spacial score (nSPS) is 12.9. The highest BCUT2D eigenvalue weighted by atomic mass is 35.5. The molecule has 0 saturated carbocycles. The topological polar surface area (TPSA) is 92.7 Å². The molecule has 9 heteroatoms. The van der Waals surface area contributed by atoms with Gasteiger partial charge in [0.1, 0.15) is 11.6 Å². The van der Waals surface area contributed by atoms with Gasteiger partial charge in [0.25, 0.3) is 11.7 Å². The number of likely N-dealkylation sites (N-methyl/N-ethyl adjacent to an activating group) is 1. The molecule has 1 amide bonds. The Balaban J connectivity index is 1.54. The van der Waals surface area contributed by atoms with E-state index in [0.29, 0.717) is 52.0 Å². The molecule has 2 heterocycles. The van der Waals surface area contributed by atoms with E-state index in [1.807, 2.05) is 18.2 Å². The minimum Gasteiger partial charge on any atom is -0.496 e. The third-order valence-corrected chi connectivity index (χ3v) is 7.22. The molecule has 1 fully saturated rings. The van der Waals surface area contributed by atoms with E-state index < -0.39 is 11.7 Å². The second-order valence-corrected chi connectivity index (χ2v) is 10.5. The smallest absolute Gasteiger partial charge is 0.294 e. The Labute approximate surface area is 239 Å². The van der Waals surface area contributed by atoms with Crippen molar-refractivity contribution < 1.29 is 19.1 Å². The van der Waals surface area contributed by atoms with Gasteiger partial charge in [-0.05, 0) is 36.7 Å². The van der Waals surface area contributed by atoms with Crippen molar-refractivity contribution in [3.8, 4) is 5.75 Å². The van der Waals surface area contributed by atoms with Crippen molar-refractivity contribution in [1.29, 1.82) is 0 Å². The minimum absolute atomic E-state index is 0.0222. The molecule has 0 unspecified atom stereocenters. The van der Waals surface area contributed by atoms with Crippen LogP contribution < -0.4 is 4.74 Å². The lowest BCUT2D eigenvalue weighted by molar-refractivity contribution is -0.124. The van der Waals surface area contributed by atoms with Crippen LogP contribution in [0.5, 0.6) is 5.75 Å². The van der Waals surface area contributed by atoms with Crippen LogP contribution >= 0.6 is 11.6 Å². The van der Waals surface area contributed by atoms with Crippen LogP contribution in [0.1, 0.15) is 45.0 Å². The van der Waals surface area contributed by atoms with Gasteiger partial charge in [0.15, 0.2) is 5.78 Å². The molecule has 1 aromatic heterocycles. The Morgan fingerprint density at radius 2 is 1.82 bits per heavy atom. The van der Waals surface area contributed by atoms with Gasteiger partial charge in [-0.3, -0.25) is 19.3 Å². The number of aromatic nitrogens is 2. The summed E-state index contributed by atoms with van der Waals surface area (Å²) in [6.07, 6.45) is 3.56. The Hall–Kier alpha value is -3.88. The lowest BCUT2D eigenvalue weighted by Crippen LogP contribution is -2.39. The summed E-state index contributed by atoms with van der Waals surface area (Å²) in [7, 11) is 4.68. The SMILES string of the molecule is C=C(CN1CCC1)C(=O)Cc1ccc(OC)c(Cc2ncc(Cl)c(Cc3ccccc3C(=O)C(=O)N(C)C)n2)c1. The number of likely N-dealkylation sites (tertiary alicyclic amines) is 1. The fraction of sp³-hybridized carbons (Fsp3) is 0.323. The average molecular weight is 561 g/mol.